The molecule has 38 valence electrons. The van der Waals surface area contributed by atoms with Crippen LogP contribution in [0.3, 0.4) is 0 Å². The SMILES string of the molecule is [CH]=CC.[Cl-].[Cl-].[Sb]. The smallest absolute Gasteiger partial charge is 0 e. The zero-order chi connectivity index (χ0) is 2.71. The maximum atomic E-state index is 4.72. The summed E-state index contributed by atoms with van der Waals surface area (Å²) < 4.78 is 0. The first-order valence-electron chi connectivity index (χ1n) is 0.911. The van der Waals surface area contributed by atoms with E-state index in [2.05, 4.69) is 0 Å². The quantitative estimate of drug-likeness (QED) is 0.367. The van der Waals surface area contributed by atoms with Gasteiger partial charge in [-0.2, -0.15) is 0 Å². The van der Waals surface area contributed by atoms with Gasteiger partial charge < -0.3 is 24.8 Å². The van der Waals surface area contributed by atoms with E-state index in [0.29, 0.717) is 0 Å². The van der Waals surface area contributed by atoms with Crippen molar-refractivity contribution in [3.63, 3.8) is 0 Å². The molecule has 0 spiro atoms. The molecule has 0 nitrogen and oxygen atoms in total. The fraction of sp³-hybridized carbons (Fsp3) is 0.333. The van der Waals surface area contributed by atoms with E-state index >= 15 is 0 Å². The molecule has 0 heterocycles. The van der Waals surface area contributed by atoms with Crippen LogP contribution in [0.1, 0.15) is 6.92 Å². The molecule has 0 aromatic rings. The van der Waals surface area contributed by atoms with Gasteiger partial charge in [-0.05, 0) is 6.92 Å². The summed E-state index contributed by atoms with van der Waals surface area (Å²) >= 11 is 0. The van der Waals surface area contributed by atoms with Crippen LogP contribution in [0.15, 0.2) is 6.08 Å². The second-order valence-corrected chi connectivity index (χ2v) is 0.333. The third kappa shape index (κ3) is 67.9. The van der Waals surface area contributed by atoms with E-state index in [1.165, 1.54) is 6.08 Å². The Hall–Kier alpha value is 1.14. The largest absolute Gasteiger partial charge is 1.00 e. The van der Waals surface area contributed by atoms with Crippen LogP contribution < -0.4 is 24.8 Å². The van der Waals surface area contributed by atoms with E-state index in [4.69, 9.17) is 6.58 Å². The average Bonchev–Trinajstić information content (AvgIpc) is 0.918. The predicted octanol–water partition coefficient (Wildman–Crippen LogP) is -5.38. The van der Waals surface area contributed by atoms with Gasteiger partial charge in [-0.3, -0.25) is 0 Å². The monoisotopic (exact) mass is 232 g/mol. The fourth-order valence-corrected chi connectivity index (χ4v) is 0. The van der Waals surface area contributed by atoms with Gasteiger partial charge in [0.15, 0.2) is 0 Å². The van der Waals surface area contributed by atoms with Gasteiger partial charge in [0, 0.05) is 24.4 Å². The third-order valence-corrected chi connectivity index (χ3v) is 0. The second kappa shape index (κ2) is 35.4. The Labute approximate surface area is 68.7 Å². The molecule has 0 aliphatic rings. The Morgan fingerprint density at radius 3 is 1.33 bits per heavy atom. The van der Waals surface area contributed by atoms with Crippen molar-refractivity contribution in [1.29, 1.82) is 0 Å². The molecule has 4 radical (unpaired) electrons. The third-order valence-electron chi connectivity index (χ3n) is 0. The van der Waals surface area contributed by atoms with Crippen molar-refractivity contribution in [2.45, 2.75) is 6.92 Å². The van der Waals surface area contributed by atoms with Crippen LogP contribution in [-0.4, -0.2) is 24.4 Å². The van der Waals surface area contributed by atoms with Crippen LogP contribution >= 0.6 is 0 Å². The first-order valence-corrected chi connectivity index (χ1v) is 0.911. The average molecular weight is 234 g/mol. The van der Waals surface area contributed by atoms with Crippen LogP contribution in [0.4, 0.5) is 0 Å². The molecule has 0 atom stereocenters. The molecule has 0 aliphatic carbocycles. The fourth-order valence-electron chi connectivity index (χ4n) is 0. The number of rotatable bonds is 0. The predicted molar refractivity (Wildman–Crippen MR) is 20.3 cm³/mol. The molecule has 3 heteroatoms. The Balaban J connectivity index is -0.00000000667. The topological polar surface area (TPSA) is 0 Å². The molecule has 0 saturated heterocycles. The van der Waals surface area contributed by atoms with Gasteiger partial charge in [0.1, 0.15) is 0 Å². The molecular formula is C3H5Cl2Sb-2. The van der Waals surface area contributed by atoms with Crippen molar-refractivity contribution in [3.8, 4) is 0 Å². The number of allylic oxidation sites excluding steroid dienone is 1. The molecular weight excluding hydrogens is 229 g/mol. The van der Waals surface area contributed by atoms with Gasteiger partial charge in [0.25, 0.3) is 0 Å². The van der Waals surface area contributed by atoms with Crippen molar-refractivity contribution in [2.75, 3.05) is 0 Å². The zero-order valence-corrected chi connectivity index (χ0v) is 7.42. The van der Waals surface area contributed by atoms with Gasteiger partial charge in [0.2, 0.25) is 0 Å². The summed E-state index contributed by atoms with van der Waals surface area (Å²) in [5.41, 5.74) is 0. The minimum Gasteiger partial charge on any atom is -1.00 e. The summed E-state index contributed by atoms with van der Waals surface area (Å²) in [5, 5.41) is 0. The molecule has 0 aromatic heterocycles. The Morgan fingerprint density at radius 2 is 1.33 bits per heavy atom. The Bertz CT molecular complexity index is 16.3. The van der Waals surface area contributed by atoms with Crippen LogP contribution in [0, 0.1) is 6.58 Å². The summed E-state index contributed by atoms with van der Waals surface area (Å²) in [6, 6.07) is 0. The first kappa shape index (κ1) is 27.3. The molecule has 0 aliphatic heterocycles. The van der Waals surface area contributed by atoms with E-state index in [1.54, 1.807) is 6.92 Å². The Morgan fingerprint density at radius 1 is 1.33 bits per heavy atom. The number of hydrogen-bond acceptors (Lipinski definition) is 0. The van der Waals surface area contributed by atoms with Gasteiger partial charge in [-0.25, -0.2) is 0 Å². The minimum atomic E-state index is 0. The molecule has 0 fully saturated rings. The maximum Gasteiger partial charge on any atom is 0 e. The van der Waals surface area contributed by atoms with Crippen molar-refractivity contribution in [2.24, 2.45) is 0 Å². The minimum absolute atomic E-state index is 0. The summed E-state index contributed by atoms with van der Waals surface area (Å²) in [7, 11) is 0. The second-order valence-electron chi connectivity index (χ2n) is 0.333. The summed E-state index contributed by atoms with van der Waals surface area (Å²) in [6.45, 7) is 6.50. The van der Waals surface area contributed by atoms with Gasteiger partial charge in [0.05, 0.1) is 0 Å². The first-order chi connectivity index (χ1) is 1.41. The van der Waals surface area contributed by atoms with Crippen LogP contribution in [0.2, 0.25) is 0 Å². The molecule has 0 aromatic carbocycles. The molecule has 6 heavy (non-hydrogen) atoms. The van der Waals surface area contributed by atoms with E-state index in [1.807, 2.05) is 0 Å². The van der Waals surface area contributed by atoms with Gasteiger partial charge in [-0.15, -0.1) is 0 Å². The van der Waals surface area contributed by atoms with Crippen molar-refractivity contribution < 1.29 is 24.8 Å². The molecule has 0 bridgehead atoms. The molecule has 0 rings (SSSR count). The van der Waals surface area contributed by atoms with E-state index in [-0.39, 0.29) is 49.2 Å². The molecule has 0 N–H and O–H groups in total. The van der Waals surface area contributed by atoms with Crippen LogP contribution in [0.5, 0.6) is 0 Å². The van der Waals surface area contributed by atoms with E-state index < -0.39 is 0 Å². The standard InChI is InChI=1S/C3H5.2ClH.Sb/c1-3-2;;;/h1,3H,2H3;2*1H;/p-2. The van der Waals surface area contributed by atoms with E-state index in [9.17, 15) is 0 Å². The maximum absolute atomic E-state index is 4.72. The summed E-state index contributed by atoms with van der Waals surface area (Å²) in [4.78, 5) is 0. The number of hydrogen-bond donors (Lipinski definition) is 0. The Kier molecular flexibility index (Phi) is 161. The van der Waals surface area contributed by atoms with Crippen LogP contribution in [0.25, 0.3) is 0 Å². The summed E-state index contributed by atoms with van der Waals surface area (Å²) in [5.74, 6) is 0. The number of halogens is 2. The van der Waals surface area contributed by atoms with Gasteiger partial charge >= 0.3 is 0 Å². The molecule has 0 unspecified atom stereocenters. The van der Waals surface area contributed by atoms with Crippen molar-refractivity contribution >= 4 is 24.4 Å². The van der Waals surface area contributed by atoms with Gasteiger partial charge in [-0.1, -0.05) is 12.7 Å². The van der Waals surface area contributed by atoms with Crippen molar-refractivity contribution in [1.82, 2.24) is 0 Å². The van der Waals surface area contributed by atoms with Crippen molar-refractivity contribution in [3.05, 3.63) is 12.7 Å². The normalized spacial score (nSPS) is 2.17. The molecule has 0 saturated carbocycles. The van der Waals surface area contributed by atoms with Crippen LogP contribution in [-0.2, 0) is 0 Å². The summed E-state index contributed by atoms with van der Waals surface area (Å²) in [6.07, 6.45) is 1.50. The molecule has 0 amide bonds. The van der Waals surface area contributed by atoms with E-state index in [0.717, 1.165) is 0 Å². The zero-order valence-electron chi connectivity index (χ0n) is 3.36.